The predicted octanol–water partition coefficient (Wildman–Crippen LogP) is 5.04. The standard InChI is InChI=1S/C24H22FN3O3S2/c1-2-31-19-14-12-18(13-15-19)23-26-27-24(28(23)22-11-7-6-10-21(22)25)32-16-17-33(29,30)20-8-4-3-5-9-20/h3-15H,2,16-17H2,1H3. The Morgan fingerprint density at radius 1 is 0.939 bits per heavy atom. The minimum atomic E-state index is -3.44. The zero-order valence-electron chi connectivity index (χ0n) is 17.9. The summed E-state index contributed by atoms with van der Waals surface area (Å²) in [5, 5.41) is 8.94. The van der Waals surface area contributed by atoms with Gasteiger partial charge in [0.05, 0.1) is 22.9 Å². The normalized spacial score (nSPS) is 11.5. The SMILES string of the molecule is CCOc1ccc(-c2nnc(SCCS(=O)(=O)c3ccccc3)n2-c2ccccc2F)cc1. The van der Waals surface area contributed by atoms with Gasteiger partial charge in [-0.1, -0.05) is 42.1 Å². The number of aromatic nitrogens is 3. The van der Waals surface area contributed by atoms with Crippen molar-refractivity contribution >= 4 is 21.6 Å². The van der Waals surface area contributed by atoms with Gasteiger partial charge in [0.2, 0.25) is 0 Å². The van der Waals surface area contributed by atoms with Crippen LogP contribution >= 0.6 is 11.8 Å². The van der Waals surface area contributed by atoms with Crippen molar-refractivity contribution in [2.75, 3.05) is 18.1 Å². The average Bonchev–Trinajstić information content (AvgIpc) is 3.24. The topological polar surface area (TPSA) is 74.1 Å². The highest BCUT2D eigenvalue weighted by atomic mass is 32.2. The third-order valence-electron chi connectivity index (χ3n) is 4.84. The summed E-state index contributed by atoms with van der Waals surface area (Å²) in [4.78, 5) is 0.274. The van der Waals surface area contributed by atoms with Gasteiger partial charge >= 0.3 is 0 Å². The molecule has 0 unspecified atom stereocenters. The smallest absolute Gasteiger partial charge is 0.196 e. The van der Waals surface area contributed by atoms with Crippen molar-refractivity contribution in [3.05, 3.63) is 84.7 Å². The summed E-state index contributed by atoms with van der Waals surface area (Å²) >= 11 is 1.22. The lowest BCUT2D eigenvalue weighted by molar-refractivity contribution is 0.340. The molecule has 1 heterocycles. The minimum absolute atomic E-state index is 0.0792. The Labute approximate surface area is 196 Å². The third-order valence-corrected chi connectivity index (χ3v) is 7.76. The Kier molecular flexibility index (Phi) is 7.10. The van der Waals surface area contributed by atoms with Crippen LogP contribution in [-0.2, 0) is 9.84 Å². The number of benzene rings is 3. The molecule has 0 saturated carbocycles. The highest BCUT2D eigenvalue weighted by Gasteiger charge is 2.20. The van der Waals surface area contributed by atoms with Gasteiger partial charge in [0.15, 0.2) is 20.8 Å². The van der Waals surface area contributed by atoms with E-state index in [-0.39, 0.29) is 16.4 Å². The molecule has 0 aliphatic rings. The molecule has 0 radical (unpaired) electrons. The van der Waals surface area contributed by atoms with Gasteiger partial charge in [-0.05, 0) is 55.5 Å². The molecule has 0 amide bonds. The van der Waals surface area contributed by atoms with Gasteiger partial charge in [0, 0.05) is 11.3 Å². The fraction of sp³-hybridized carbons (Fsp3) is 0.167. The molecule has 0 aliphatic heterocycles. The first-order chi connectivity index (χ1) is 16.0. The molecule has 1 aromatic heterocycles. The molecule has 170 valence electrons. The number of sulfone groups is 1. The molecule has 3 aromatic carbocycles. The van der Waals surface area contributed by atoms with Crippen LogP contribution < -0.4 is 4.74 Å². The molecule has 0 saturated heterocycles. The summed E-state index contributed by atoms with van der Waals surface area (Å²) in [7, 11) is -3.44. The fourth-order valence-corrected chi connectivity index (χ4v) is 5.87. The van der Waals surface area contributed by atoms with E-state index < -0.39 is 15.7 Å². The molecular weight excluding hydrogens is 461 g/mol. The number of hydrogen-bond donors (Lipinski definition) is 0. The molecule has 9 heteroatoms. The number of hydrogen-bond acceptors (Lipinski definition) is 6. The second-order valence-electron chi connectivity index (χ2n) is 7.03. The van der Waals surface area contributed by atoms with Crippen molar-refractivity contribution in [1.82, 2.24) is 14.8 Å². The van der Waals surface area contributed by atoms with Crippen LogP contribution in [0.3, 0.4) is 0 Å². The van der Waals surface area contributed by atoms with E-state index in [1.165, 1.54) is 17.8 Å². The molecular formula is C24H22FN3O3S2. The minimum Gasteiger partial charge on any atom is -0.494 e. The molecule has 0 bridgehead atoms. The lowest BCUT2D eigenvalue weighted by atomic mass is 10.2. The first-order valence-corrected chi connectivity index (χ1v) is 13.0. The predicted molar refractivity (Wildman–Crippen MR) is 127 cm³/mol. The van der Waals surface area contributed by atoms with Gasteiger partial charge in [-0.15, -0.1) is 10.2 Å². The van der Waals surface area contributed by atoms with E-state index in [1.807, 2.05) is 31.2 Å². The van der Waals surface area contributed by atoms with E-state index in [9.17, 15) is 12.8 Å². The quantitative estimate of drug-likeness (QED) is 0.311. The number of rotatable bonds is 9. The Hall–Kier alpha value is -3.17. The summed E-state index contributed by atoms with van der Waals surface area (Å²) in [6, 6.07) is 22.0. The van der Waals surface area contributed by atoms with Crippen molar-refractivity contribution < 1.29 is 17.5 Å². The summed E-state index contributed by atoms with van der Waals surface area (Å²) in [5.74, 6) is 0.913. The Bertz CT molecular complexity index is 1320. The number of halogens is 1. The van der Waals surface area contributed by atoms with Crippen molar-refractivity contribution in [1.29, 1.82) is 0 Å². The second-order valence-corrected chi connectivity index (χ2v) is 10.2. The van der Waals surface area contributed by atoms with Crippen LogP contribution in [0, 0.1) is 5.82 Å². The maximum atomic E-state index is 14.7. The van der Waals surface area contributed by atoms with Gasteiger partial charge in [-0.3, -0.25) is 4.57 Å². The van der Waals surface area contributed by atoms with Crippen molar-refractivity contribution in [2.24, 2.45) is 0 Å². The molecule has 0 atom stereocenters. The van der Waals surface area contributed by atoms with Crippen LogP contribution in [-0.4, -0.2) is 41.3 Å². The number of nitrogens with zero attached hydrogens (tertiary/aromatic N) is 3. The van der Waals surface area contributed by atoms with Crippen molar-refractivity contribution in [2.45, 2.75) is 17.0 Å². The highest BCUT2D eigenvalue weighted by Crippen LogP contribution is 2.30. The number of para-hydroxylation sites is 1. The van der Waals surface area contributed by atoms with Crippen LogP contribution in [0.15, 0.2) is 88.9 Å². The lowest BCUT2D eigenvalue weighted by Gasteiger charge is -2.12. The fourth-order valence-electron chi connectivity index (χ4n) is 3.26. The zero-order valence-corrected chi connectivity index (χ0v) is 19.5. The summed E-state index contributed by atoms with van der Waals surface area (Å²) in [5.41, 5.74) is 1.03. The van der Waals surface area contributed by atoms with Gasteiger partial charge in [-0.2, -0.15) is 0 Å². The maximum Gasteiger partial charge on any atom is 0.196 e. The maximum absolute atomic E-state index is 14.7. The molecule has 0 fully saturated rings. The number of thioether (sulfide) groups is 1. The Morgan fingerprint density at radius 3 is 2.33 bits per heavy atom. The molecule has 4 aromatic rings. The van der Waals surface area contributed by atoms with Gasteiger partial charge in [0.1, 0.15) is 11.6 Å². The van der Waals surface area contributed by atoms with E-state index >= 15 is 0 Å². The summed E-state index contributed by atoms with van der Waals surface area (Å²) in [6.45, 7) is 2.46. The molecule has 33 heavy (non-hydrogen) atoms. The summed E-state index contributed by atoms with van der Waals surface area (Å²) < 4.78 is 47.1. The largest absolute Gasteiger partial charge is 0.494 e. The molecule has 0 aliphatic carbocycles. The second kappa shape index (κ2) is 10.2. The van der Waals surface area contributed by atoms with Crippen molar-refractivity contribution in [3.8, 4) is 22.8 Å². The van der Waals surface area contributed by atoms with Crippen LogP contribution in [0.4, 0.5) is 4.39 Å². The van der Waals surface area contributed by atoms with E-state index in [1.54, 1.807) is 53.1 Å². The molecule has 4 rings (SSSR count). The van der Waals surface area contributed by atoms with Gasteiger partial charge in [0.25, 0.3) is 0 Å². The average molecular weight is 484 g/mol. The van der Waals surface area contributed by atoms with Crippen LogP contribution in [0.1, 0.15) is 6.92 Å². The Balaban J connectivity index is 1.64. The molecule has 0 spiro atoms. The third kappa shape index (κ3) is 5.26. The molecule has 6 nitrogen and oxygen atoms in total. The first kappa shape index (κ1) is 23.0. The van der Waals surface area contributed by atoms with E-state index in [0.29, 0.717) is 23.3 Å². The Morgan fingerprint density at radius 2 is 1.64 bits per heavy atom. The monoisotopic (exact) mass is 483 g/mol. The van der Waals surface area contributed by atoms with Gasteiger partial charge in [-0.25, -0.2) is 12.8 Å². The van der Waals surface area contributed by atoms with E-state index in [4.69, 9.17) is 4.74 Å². The van der Waals surface area contributed by atoms with Crippen molar-refractivity contribution in [3.63, 3.8) is 0 Å². The van der Waals surface area contributed by atoms with Crippen LogP contribution in [0.25, 0.3) is 17.1 Å². The molecule has 0 N–H and O–H groups in total. The zero-order chi connectivity index (χ0) is 23.3. The van der Waals surface area contributed by atoms with Crippen LogP contribution in [0.2, 0.25) is 0 Å². The lowest BCUT2D eigenvalue weighted by Crippen LogP contribution is -2.09. The highest BCUT2D eigenvalue weighted by molar-refractivity contribution is 8.00. The number of ether oxygens (including phenoxy) is 1. The van der Waals surface area contributed by atoms with Crippen LogP contribution in [0.5, 0.6) is 5.75 Å². The van der Waals surface area contributed by atoms with Gasteiger partial charge < -0.3 is 4.74 Å². The van der Waals surface area contributed by atoms with E-state index in [0.717, 1.165) is 11.3 Å². The van der Waals surface area contributed by atoms with E-state index in [2.05, 4.69) is 10.2 Å². The first-order valence-electron chi connectivity index (χ1n) is 10.3. The summed E-state index contributed by atoms with van der Waals surface area (Å²) in [6.07, 6.45) is 0.